The third-order valence-corrected chi connectivity index (χ3v) is 12.7. The fraction of sp³-hybridized carbons (Fsp3) is 0.662. The molecule has 0 saturated carbocycles. The monoisotopic (exact) mass is 1020 g/mol. The highest BCUT2D eigenvalue weighted by atomic mass is 16.6. The number of unbranched alkanes of at least 4 members (excludes halogenated alkanes) is 23. The number of ether oxygens (including phenoxy) is 3. The molecule has 0 amide bonds. The lowest BCUT2D eigenvalue weighted by atomic mass is 10.1. The Bertz CT molecular complexity index is 1550. The minimum absolute atomic E-state index is 0.107. The molecular formula is C68H112O6. The Kier molecular flexibility index (Phi) is 57.9. The highest BCUT2D eigenvalue weighted by Crippen LogP contribution is 2.14. The topological polar surface area (TPSA) is 78.9 Å². The van der Waals surface area contributed by atoms with Crippen LogP contribution in [-0.2, 0) is 28.6 Å². The average Bonchev–Trinajstić information content (AvgIpc) is 3.40. The summed E-state index contributed by atoms with van der Waals surface area (Å²) in [6.45, 7) is 6.45. The summed E-state index contributed by atoms with van der Waals surface area (Å²) in [4.78, 5) is 38.2. The molecule has 0 aliphatic carbocycles. The molecule has 0 bridgehead atoms. The molecule has 74 heavy (non-hydrogen) atoms. The van der Waals surface area contributed by atoms with Gasteiger partial charge in [-0.15, -0.1) is 0 Å². The van der Waals surface area contributed by atoms with E-state index in [2.05, 4.69) is 142 Å². The molecule has 1 atom stereocenters. The number of esters is 3. The van der Waals surface area contributed by atoms with Crippen LogP contribution < -0.4 is 0 Å². The van der Waals surface area contributed by atoms with E-state index in [-0.39, 0.29) is 37.5 Å². The lowest BCUT2D eigenvalue weighted by Crippen LogP contribution is -2.30. The second-order valence-corrected chi connectivity index (χ2v) is 19.9. The van der Waals surface area contributed by atoms with Gasteiger partial charge in [0.05, 0.1) is 0 Å². The molecule has 0 fully saturated rings. The van der Waals surface area contributed by atoms with Gasteiger partial charge in [-0.05, 0) is 128 Å². The predicted molar refractivity (Wildman–Crippen MR) is 320 cm³/mol. The summed E-state index contributed by atoms with van der Waals surface area (Å²) >= 11 is 0. The normalized spacial score (nSPS) is 13.0. The van der Waals surface area contributed by atoms with Crippen LogP contribution in [0.1, 0.15) is 271 Å². The fourth-order valence-corrected chi connectivity index (χ4v) is 8.10. The van der Waals surface area contributed by atoms with Crippen LogP contribution in [0.3, 0.4) is 0 Å². The molecule has 0 aromatic heterocycles. The first-order chi connectivity index (χ1) is 36.5. The van der Waals surface area contributed by atoms with E-state index in [1.807, 2.05) is 0 Å². The Labute approximate surface area is 456 Å². The SMILES string of the molecule is CC/C=C\C/C=C\C/C=C\C/C=C\C/C=C\C/C=C\C/C=C\CCCC(=O)OCC(COC(=O)CCCCCCC/C=C\C/C=C\CCCCCC)OC(=O)CCCCCCCCC/C=C\CCCCCCCC. The van der Waals surface area contributed by atoms with E-state index in [4.69, 9.17) is 14.2 Å². The van der Waals surface area contributed by atoms with Crippen molar-refractivity contribution in [2.45, 2.75) is 277 Å². The molecule has 0 rings (SSSR count). The van der Waals surface area contributed by atoms with Crippen LogP contribution in [0.4, 0.5) is 0 Å². The Morgan fingerprint density at radius 1 is 0.284 bits per heavy atom. The molecular weight excluding hydrogens is 913 g/mol. The van der Waals surface area contributed by atoms with Gasteiger partial charge >= 0.3 is 17.9 Å². The molecule has 0 aromatic carbocycles. The molecule has 6 heteroatoms. The predicted octanol–water partition coefficient (Wildman–Crippen LogP) is 20.8. The van der Waals surface area contributed by atoms with Crippen molar-refractivity contribution in [3.8, 4) is 0 Å². The van der Waals surface area contributed by atoms with Crippen molar-refractivity contribution in [2.75, 3.05) is 13.2 Å². The van der Waals surface area contributed by atoms with Gasteiger partial charge in [0.25, 0.3) is 0 Å². The molecule has 0 heterocycles. The van der Waals surface area contributed by atoms with Gasteiger partial charge in [0.15, 0.2) is 6.10 Å². The third kappa shape index (κ3) is 58.7. The number of carbonyl (C=O) groups is 3. The van der Waals surface area contributed by atoms with Crippen molar-refractivity contribution in [1.82, 2.24) is 0 Å². The number of hydrogen-bond acceptors (Lipinski definition) is 6. The Balaban J connectivity index is 4.52. The van der Waals surface area contributed by atoms with Crippen molar-refractivity contribution in [3.05, 3.63) is 122 Å². The summed E-state index contributed by atoms with van der Waals surface area (Å²) in [6.07, 6.45) is 84.8. The van der Waals surface area contributed by atoms with Crippen LogP contribution >= 0.6 is 0 Å². The summed E-state index contributed by atoms with van der Waals surface area (Å²) in [7, 11) is 0. The quantitative estimate of drug-likeness (QED) is 0.0261. The van der Waals surface area contributed by atoms with Crippen LogP contribution in [0.2, 0.25) is 0 Å². The van der Waals surface area contributed by atoms with Gasteiger partial charge in [0.1, 0.15) is 13.2 Å². The van der Waals surface area contributed by atoms with Gasteiger partial charge < -0.3 is 14.2 Å². The first-order valence-corrected chi connectivity index (χ1v) is 30.5. The summed E-state index contributed by atoms with van der Waals surface area (Å²) in [5, 5.41) is 0. The molecule has 0 aromatic rings. The van der Waals surface area contributed by atoms with Crippen molar-refractivity contribution < 1.29 is 28.6 Å². The van der Waals surface area contributed by atoms with Crippen molar-refractivity contribution in [1.29, 1.82) is 0 Å². The maximum absolute atomic E-state index is 12.9. The van der Waals surface area contributed by atoms with Gasteiger partial charge in [0.2, 0.25) is 0 Å². The zero-order valence-corrected chi connectivity index (χ0v) is 48.1. The largest absolute Gasteiger partial charge is 0.462 e. The standard InChI is InChI=1S/C68H112O6/c1-4-7-10-13-16-19-22-25-28-31-32-33-34-35-36-38-40-43-46-49-52-55-58-61-67(70)73-64-65(63-72-66(69)60-57-54-51-48-45-42-39-30-27-24-21-18-15-12-9-6-3)74-68(71)62-59-56-53-50-47-44-41-37-29-26-23-20-17-14-11-8-5-2/h7,10,16,19,21,24-26,28-30,32-33,35-36,39-40,43,49,52,65H,4-6,8-9,11-15,17-18,20,22-23,27,31,34,37-38,41-42,44-48,50-51,53-64H2,1-3H3/b10-7-,19-16-,24-21-,28-25-,29-26-,33-32-,36-35-,39-30-,43-40-,52-49-. The second-order valence-electron chi connectivity index (χ2n) is 19.9. The molecule has 420 valence electrons. The second kappa shape index (κ2) is 61.4. The van der Waals surface area contributed by atoms with E-state index in [1.165, 1.54) is 109 Å². The first kappa shape index (κ1) is 69.8. The molecule has 0 aliphatic rings. The molecule has 6 nitrogen and oxygen atoms in total. The van der Waals surface area contributed by atoms with Gasteiger partial charge in [-0.1, -0.05) is 245 Å². The van der Waals surface area contributed by atoms with Crippen LogP contribution in [0, 0.1) is 0 Å². The van der Waals surface area contributed by atoms with E-state index in [0.29, 0.717) is 19.3 Å². The van der Waals surface area contributed by atoms with Crippen LogP contribution in [0.5, 0.6) is 0 Å². The van der Waals surface area contributed by atoms with E-state index < -0.39 is 6.10 Å². The molecule has 0 saturated heterocycles. The van der Waals surface area contributed by atoms with Crippen LogP contribution in [0.25, 0.3) is 0 Å². The summed E-state index contributed by atoms with van der Waals surface area (Å²) in [5.41, 5.74) is 0. The highest BCUT2D eigenvalue weighted by Gasteiger charge is 2.19. The minimum atomic E-state index is -0.814. The minimum Gasteiger partial charge on any atom is -0.462 e. The number of rotatable bonds is 54. The lowest BCUT2D eigenvalue weighted by molar-refractivity contribution is -0.167. The number of hydrogen-bond donors (Lipinski definition) is 0. The van der Waals surface area contributed by atoms with Gasteiger partial charge in [-0.25, -0.2) is 0 Å². The van der Waals surface area contributed by atoms with Gasteiger partial charge in [-0.2, -0.15) is 0 Å². The fourth-order valence-electron chi connectivity index (χ4n) is 8.10. The molecule has 0 spiro atoms. The Hall–Kier alpha value is -4.19. The van der Waals surface area contributed by atoms with Gasteiger partial charge in [0, 0.05) is 19.3 Å². The smallest absolute Gasteiger partial charge is 0.306 e. The van der Waals surface area contributed by atoms with E-state index in [9.17, 15) is 14.4 Å². The lowest BCUT2D eigenvalue weighted by Gasteiger charge is -2.18. The summed E-state index contributed by atoms with van der Waals surface area (Å²) < 4.78 is 16.8. The first-order valence-electron chi connectivity index (χ1n) is 30.5. The van der Waals surface area contributed by atoms with E-state index >= 15 is 0 Å². The molecule has 1 unspecified atom stereocenters. The highest BCUT2D eigenvalue weighted by molar-refractivity contribution is 5.71. The summed E-state index contributed by atoms with van der Waals surface area (Å²) in [5.74, 6) is -0.984. The van der Waals surface area contributed by atoms with Crippen molar-refractivity contribution >= 4 is 17.9 Å². The number of allylic oxidation sites excluding steroid dienone is 20. The van der Waals surface area contributed by atoms with Crippen LogP contribution in [-0.4, -0.2) is 37.2 Å². The summed E-state index contributed by atoms with van der Waals surface area (Å²) in [6, 6.07) is 0. The van der Waals surface area contributed by atoms with E-state index in [1.54, 1.807) is 0 Å². The van der Waals surface area contributed by atoms with Crippen LogP contribution in [0.15, 0.2) is 122 Å². The van der Waals surface area contributed by atoms with E-state index in [0.717, 1.165) is 116 Å². The van der Waals surface area contributed by atoms with Gasteiger partial charge in [-0.3, -0.25) is 14.4 Å². The molecule has 0 N–H and O–H groups in total. The third-order valence-electron chi connectivity index (χ3n) is 12.7. The van der Waals surface area contributed by atoms with Crippen molar-refractivity contribution in [3.63, 3.8) is 0 Å². The Morgan fingerprint density at radius 3 is 0.905 bits per heavy atom. The maximum atomic E-state index is 12.9. The average molecular weight is 1030 g/mol. The number of carbonyl (C=O) groups excluding carboxylic acids is 3. The zero-order chi connectivity index (χ0) is 53.6. The molecule has 0 aliphatic heterocycles. The maximum Gasteiger partial charge on any atom is 0.306 e. The Morgan fingerprint density at radius 2 is 0.541 bits per heavy atom. The molecule has 0 radical (unpaired) electrons. The van der Waals surface area contributed by atoms with Crippen molar-refractivity contribution in [2.24, 2.45) is 0 Å². The zero-order valence-electron chi connectivity index (χ0n) is 48.1.